The van der Waals surface area contributed by atoms with Gasteiger partial charge in [-0.3, -0.25) is 0 Å². The molecule has 0 saturated carbocycles. The molecule has 0 spiro atoms. The van der Waals surface area contributed by atoms with Gasteiger partial charge in [0, 0.05) is 0 Å². The van der Waals surface area contributed by atoms with E-state index in [0.29, 0.717) is 0 Å². The molecule has 0 heterocycles. The average molecular weight is 141 g/mol. The standard InChI is InChI=1S/C2H2F3NOSi/c3-8(4,5)2-6-1-7/h2H2. The molecule has 2 nitrogen and oxygen atoms in total. The van der Waals surface area contributed by atoms with Crippen LogP contribution in [0, 0.1) is 0 Å². The molecule has 0 aliphatic carbocycles. The summed E-state index contributed by atoms with van der Waals surface area (Å²) in [5.41, 5.74) is 0. The summed E-state index contributed by atoms with van der Waals surface area (Å²) in [5.74, 6) is 0. The molecule has 0 amide bonds. The van der Waals surface area contributed by atoms with E-state index in [1.165, 1.54) is 0 Å². The molecule has 0 rings (SSSR count). The van der Waals surface area contributed by atoms with Crippen LogP contribution in [0.3, 0.4) is 0 Å². The summed E-state index contributed by atoms with van der Waals surface area (Å²) < 4.78 is 33.3. The smallest absolute Gasteiger partial charge is 0.237 e. The zero-order chi connectivity index (χ0) is 6.62. The number of aliphatic imine (C=N–C) groups is 1. The van der Waals surface area contributed by atoms with E-state index in [9.17, 15) is 12.3 Å². The Hall–Kier alpha value is -0.613. The molecule has 0 aromatic heterocycles. The third-order valence-corrected chi connectivity index (χ3v) is 0.840. The fraction of sp³-hybridized carbons (Fsp3) is 0.500. The van der Waals surface area contributed by atoms with E-state index in [-0.39, 0.29) is 0 Å². The average Bonchev–Trinajstić information content (AvgIpc) is 1.59. The molecule has 0 unspecified atom stereocenters. The van der Waals surface area contributed by atoms with Gasteiger partial charge in [0.2, 0.25) is 6.08 Å². The first-order valence-corrected chi connectivity index (χ1v) is 3.51. The van der Waals surface area contributed by atoms with Crippen LogP contribution in [0.25, 0.3) is 0 Å². The Kier molecular flexibility index (Phi) is 2.43. The molecule has 0 aromatic carbocycles. The second-order valence-corrected chi connectivity index (χ2v) is 2.57. The summed E-state index contributed by atoms with van der Waals surface area (Å²) in [5, 5.41) is 0. The molecule has 0 saturated heterocycles. The molecule has 0 radical (unpaired) electrons. The Balaban J connectivity index is 3.55. The third kappa shape index (κ3) is 5.39. The van der Waals surface area contributed by atoms with Crippen LogP contribution in [0.2, 0.25) is 0 Å². The van der Waals surface area contributed by atoms with Gasteiger partial charge in [-0.15, -0.1) is 0 Å². The fourth-order valence-electron chi connectivity index (χ4n) is 0.122. The second-order valence-electron chi connectivity index (χ2n) is 1.02. The third-order valence-electron chi connectivity index (χ3n) is 0.323. The minimum absolute atomic E-state index is 0.814. The van der Waals surface area contributed by atoms with Crippen LogP contribution in [-0.2, 0) is 4.79 Å². The Morgan fingerprint density at radius 2 is 2.00 bits per heavy atom. The lowest BCUT2D eigenvalue weighted by atomic mass is 11.4. The Labute approximate surface area is 44.6 Å². The minimum atomic E-state index is -5.61. The van der Waals surface area contributed by atoms with Crippen molar-refractivity contribution >= 4 is 15.2 Å². The molecule has 0 aliphatic heterocycles. The van der Waals surface area contributed by atoms with Gasteiger partial charge in [0.05, 0.1) is 0 Å². The summed E-state index contributed by atoms with van der Waals surface area (Å²) in [6.07, 6.45) is -0.481. The molecule has 6 heteroatoms. The van der Waals surface area contributed by atoms with Crippen molar-refractivity contribution in [1.29, 1.82) is 0 Å². The monoisotopic (exact) mass is 141 g/mol. The highest BCUT2D eigenvalue weighted by molar-refractivity contribution is 6.58. The summed E-state index contributed by atoms with van der Waals surface area (Å²) in [4.78, 5) is 11.5. The summed E-state index contributed by atoms with van der Waals surface area (Å²) in [7, 11) is -5.61. The van der Waals surface area contributed by atoms with Crippen molar-refractivity contribution < 1.29 is 17.1 Å². The van der Waals surface area contributed by atoms with Crippen molar-refractivity contribution in [2.24, 2.45) is 4.99 Å². The summed E-state index contributed by atoms with van der Waals surface area (Å²) in [6, 6.07) is 0. The van der Waals surface area contributed by atoms with E-state index in [4.69, 9.17) is 4.79 Å². The van der Waals surface area contributed by atoms with Crippen molar-refractivity contribution in [3.8, 4) is 0 Å². The molecule has 0 fully saturated rings. The molecule has 0 aromatic rings. The van der Waals surface area contributed by atoms with Crippen molar-refractivity contribution in [3.05, 3.63) is 0 Å². The van der Waals surface area contributed by atoms with Crippen molar-refractivity contribution in [2.75, 3.05) is 6.17 Å². The van der Waals surface area contributed by atoms with E-state index in [1.807, 2.05) is 0 Å². The maximum atomic E-state index is 11.1. The summed E-state index contributed by atoms with van der Waals surface area (Å²) in [6.45, 7) is 0. The molecular weight excluding hydrogens is 139 g/mol. The van der Waals surface area contributed by atoms with Crippen LogP contribution in [0.1, 0.15) is 0 Å². The highest BCUT2D eigenvalue weighted by Gasteiger charge is 2.36. The highest BCUT2D eigenvalue weighted by Crippen LogP contribution is 2.06. The number of hydrogen-bond acceptors (Lipinski definition) is 2. The zero-order valence-corrected chi connectivity index (χ0v) is 4.70. The lowest BCUT2D eigenvalue weighted by Gasteiger charge is -1.90. The SMILES string of the molecule is O=C=NC[Si](F)(F)F. The van der Waals surface area contributed by atoms with Crippen molar-refractivity contribution in [2.45, 2.75) is 0 Å². The van der Waals surface area contributed by atoms with Gasteiger partial charge in [0.1, 0.15) is 6.17 Å². The van der Waals surface area contributed by atoms with E-state index in [0.717, 1.165) is 6.08 Å². The zero-order valence-electron chi connectivity index (χ0n) is 3.70. The lowest BCUT2D eigenvalue weighted by molar-refractivity contribution is 0.471. The van der Waals surface area contributed by atoms with Gasteiger partial charge in [-0.1, -0.05) is 0 Å². The van der Waals surface area contributed by atoms with Crippen LogP contribution in [0.5, 0.6) is 0 Å². The molecule has 46 valence electrons. The van der Waals surface area contributed by atoms with Gasteiger partial charge < -0.3 is 0 Å². The Morgan fingerprint density at radius 1 is 1.50 bits per heavy atom. The molecular formula is C2H2F3NOSi. The topological polar surface area (TPSA) is 29.4 Å². The molecule has 0 bridgehead atoms. The maximum absolute atomic E-state index is 11.1. The van der Waals surface area contributed by atoms with E-state index in [2.05, 4.69) is 4.99 Å². The Morgan fingerprint density at radius 3 is 2.12 bits per heavy atom. The van der Waals surface area contributed by atoms with Gasteiger partial charge in [0.25, 0.3) is 0 Å². The van der Waals surface area contributed by atoms with E-state index in [1.54, 1.807) is 0 Å². The first-order chi connectivity index (χ1) is 3.56. The first-order valence-electron chi connectivity index (χ1n) is 1.66. The number of isocyanates is 1. The van der Waals surface area contributed by atoms with Gasteiger partial charge in [0.15, 0.2) is 0 Å². The number of carbonyl (C=O) groups excluding carboxylic acids is 1. The van der Waals surface area contributed by atoms with Crippen LogP contribution in [0.4, 0.5) is 12.3 Å². The van der Waals surface area contributed by atoms with Crippen LogP contribution >= 0.6 is 0 Å². The number of rotatable bonds is 2. The maximum Gasteiger partial charge on any atom is 0.639 e. The predicted octanol–water partition coefficient (Wildman–Crippen LogP) is 0.709. The molecule has 0 N–H and O–H groups in total. The van der Waals surface area contributed by atoms with Crippen LogP contribution in [-0.4, -0.2) is 21.3 Å². The van der Waals surface area contributed by atoms with Crippen LogP contribution < -0.4 is 0 Å². The molecule has 0 atom stereocenters. The highest BCUT2D eigenvalue weighted by atomic mass is 28.5. The van der Waals surface area contributed by atoms with Gasteiger partial charge in [-0.2, -0.15) is 0 Å². The molecule has 8 heavy (non-hydrogen) atoms. The van der Waals surface area contributed by atoms with Gasteiger partial charge >= 0.3 is 9.08 Å². The van der Waals surface area contributed by atoms with Gasteiger partial charge in [-0.05, 0) is 0 Å². The van der Waals surface area contributed by atoms with Crippen molar-refractivity contribution in [3.63, 3.8) is 0 Å². The Bertz CT molecular complexity index is 115. The normalized spacial score (nSPS) is 10.4. The number of halogens is 3. The lowest BCUT2D eigenvalue weighted by Crippen LogP contribution is -2.19. The van der Waals surface area contributed by atoms with E-state index < -0.39 is 15.2 Å². The van der Waals surface area contributed by atoms with Crippen LogP contribution in [0.15, 0.2) is 4.99 Å². The van der Waals surface area contributed by atoms with E-state index >= 15 is 0 Å². The summed E-state index contributed by atoms with van der Waals surface area (Å²) >= 11 is 0. The minimum Gasteiger partial charge on any atom is -0.237 e. The van der Waals surface area contributed by atoms with Gasteiger partial charge in [-0.25, -0.2) is 22.1 Å². The van der Waals surface area contributed by atoms with Crippen molar-refractivity contribution in [1.82, 2.24) is 0 Å². The largest absolute Gasteiger partial charge is 0.639 e. The second kappa shape index (κ2) is 2.63. The number of hydrogen-bond donors (Lipinski definition) is 0. The first kappa shape index (κ1) is 7.39. The predicted molar refractivity (Wildman–Crippen MR) is 22.1 cm³/mol. The number of nitrogens with zero attached hydrogens (tertiary/aromatic N) is 1. The molecule has 0 aliphatic rings. The quantitative estimate of drug-likeness (QED) is 0.241. The fourth-order valence-corrected chi connectivity index (χ4v) is 0.366.